The van der Waals surface area contributed by atoms with E-state index in [0.717, 1.165) is 19.5 Å². The van der Waals surface area contributed by atoms with Crippen molar-refractivity contribution < 1.29 is 8.42 Å². The average molecular weight is 258 g/mol. The Labute approximate surface area is 101 Å². The number of nitrogens with zero attached hydrogens (tertiary/aromatic N) is 2. The van der Waals surface area contributed by atoms with E-state index in [2.05, 4.69) is 15.0 Å². The zero-order valence-corrected chi connectivity index (χ0v) is 10.5. The van der Waals surface area contributed by atoms with Crippen molar-refractivity contribution in [2.75, 3.05) is 19.6 Å². The summed E-state index contributed by atoms with van der Waals surface area (Å²) in [4.78, 5) is 3.93. The lowest BCUT2D eigenvalue weighted by atomic mass is 10.4. The molecule has 96 valence electrons. The van der Waals surface area contributed by atoms with Crippen molar-refractivity contribution in [3.8, 4) is 0 Å². The van der Waals surface area contributed by atoms with Crippen LogP contribution in [0.25, 0.3) is 0 Å². The fraction of sp³-hybridized carbons (Fsp3) is 0.700. The van der Waals surface area contributed by atoms with Gasteiger partial charge >= 0.3 is 0 Å². The minimum absolute atomic E-state index is 0.268. The molecule has 1 aliphatic heterocycles. The van der Waals surface area contributed by atoms with Gasteiger partial charge in [-0.2, -0.15) is 0 Å². The molecule has 2 rings (SSSR count). The smallest absolute Gasteiger partial charge is 0.215 e. The maximum atomic E-state index is 11.8. The lowest BCUT2D eigenvalue weighted by Gasteiger charge is -2.11. The van der Waals surface area contributed by atoms with E-state index < -0.39 is 10.0 Å². The number of aromatic nitrogens is 2. The van der Waals surface area contributed by atoms with Gasteiger partial charge in [-0.3, -0.25) is 0 Å². The molecule has 1 aromatic rings. The topological polar surface area (TPSA) is 76.0 Å². The van der Waals surface area contributed by atoms with Crippen molar-refractivity contribution in [2.45, 2.75) is 24.6 Å². The highest BCUT2D eigenvalue weighted by atomic mass is 32.2. The van der Waals surface area contributed by atoms with Crippen LogP contribution in [0.3, 0.4) is 0 Å². The highest BCUT2D eigenvalue weighted by Gasteiger charge is 2.27. The van der Waals surface area contributed by atoms with Gasteiger partial charge in [0, 0.05) is 32.0 Å². The summed E-state index contributed by atoms with van der Waals surface area (Å²) in [5, 5.41) is 2.79. The molecule has 1 atom stereocenters. The Hall–Kier alpha value is -0.920. The molecule has 7 heteroatoms. The summed E-state index contributed by atoms with van der Waals surface area (Å²) in [7, 11) is -3.14. The van der Waals surface area contributed by atoms with Crippen LogP contribution in [-0.2, 0) is 16.6 Å². The number of aryl methyl sites for hydroxylation is 1. The van der Waals surface area contributed by atoms with Crippen molar-refractivity contribution in [2.24, 2.45) is 0 Å². The van der Waals surface area contributed by atoms with Gasteiger partial charge in [0.05, 0.1) is 11.6 Å². The lowest BCUT2D eigenvalue weighted by Crippen LogP contribution is -2.36. The Kier molecular flexibility index (Phi) is 4.14. The van der Waals surface area contributed by atoms with Crippen molar-refractivity contribution >= 4 is 10.0 Å². The van der Waals surface area contributed by atoms with Crippen molar-refractivity contribution in [1.82, 2.24) is 19.6 Å². The van der Waals surface area contributed by atoms with Gasteiger partial charge in [0.25, 0.3) is 0 Å². The van der Waals surface area contributed by atoms with Crippen LogP contribution in [0.4, 0.5) is 0 Å². The maximum absolute atomic E-state index is 11.8. The van der Waals surface area contributed by atoms with E-state index in [1.54, 1.807) is 12.5 Å². The number of rotatable bonds is 6. The zero-order chi connectivity index (χ0) is 12.1. The lowest BCUT2D eigenvalue weighted by molar-refractivity contribution is 0.558. The number of hydrogen-bond acceptors (Lipinski definition) is 4. The van der Waals surface area contributed by atoms with E-state index in [-0.39, 0.29) is 5.25 Å². The largest absolute Gasteiger partial charge is 0.337 e. The van der Waals surface area contributed by atoms with E-state index >= 15 is 0 Å². The summed E-state index contributed by atoms with van der Waals surface area (Å²) in [6.45, 7) is 2.62. The predicted molar refractivity (Wildman–Crippen MR) is 65.0 cm³/mol. The predicted octanol–water partition coefficient (Wildman–Crippen LogP) is -0.445. The molecule has 0 saturated carbocycles. The van der Waals surface area contributed by atoms with E-state index in [1.165, 1.54) is 0 Å². The Morgan fingerprint density at radius 1 is 1.53 bits per heavy atom. The molecular weight excluding hydrogens is 240 g/mol. The third-order valence-electron chi connectivity index (χ3n) is 2.91. The van der Waals surface area contributed by atoms with Gasteiger partial charge < -0.3 is 9.88 Å². The molecule has 0 radical (unpaired) electrons. The van der Waals surface area contributed by atoms with Crippen LogP contribution < -0.4 is 10.0 Å². The van der Waals surface area contributed by atoms with Gasteiger partial charge in [-0.15, -0.1) is 0 Å². The van der Waals surface area contributed by atoms with Crippen LogP contribution >= 0.6 is 0 Å². The second kappa shape index (κ2) is 5.61. The van der Waals surface area contributed by atoms with Crippen molar-refractivity contribution in [3.63, 3.8) is 0 Å². The first-order valence-corrected chi connectivity index (χ1v) is 7.38. The second-order valence-corrected chi connectivity index (χ2v) is 6.25. The molecule has 6 nitrogen and oxygen atoms in total. The molecule has 1 aliphatic rings. The van der Waals surface area contributed by atoms with Gasteiger partial charge in [0.2, 0.25) is 10.0 Å². The standard InChI is InChI=1S/C10H18N4O2S/c15-17(16,10-2-4-11-8-10)13-3-1-6-14-7-5-12-9-14/h5,7,9-11,13H,1-4,6,8H2. The minimum atomic E-state index is -3.14. The van der Waals surface area contributed by atoms with E-state index in [9.17, 15) is 8.42 Å². The third kappa shape index (κ3) is 3.52. The Morgan fingerprint density at radius 3 is 3.06 bits per heavy atom. The van der Waals surface area contributed by atoms with Gasteiger partial charge in [-0.1, -0.05) is 0 Å². The minimum Gasteiger partial charge on any atom is -0.337 e. The molecule has 1 saturated heterocycles. The van der Waals surface area contributed by atoms with Crippen LogP contribution in [-0.4, -0.2) is 42.9 Å². The molecular formula is C10H18N4O2S. The first-order chi connectivity index (χ1) is 8.18. The Morgan fingerprint density at radius 2 is 2.41 bits per heavy atom. The summed E-state index contributed by atoms with van der Waals surface area (Å²) >= 11 is 0. The van der Waals surface area contributed by atoms with Crippen LogP contribution in [0.5, 0.6) is 0 Å². The number of imidazole rings is 1. The molecule has 0 aliphatic carbocycles. The molecule has 0 aromatic carbocycles. The molecule has 0 amide bonds. The van der Waals surface area contributed by atoms with Crippen LogP contribution in [0.1, 0.15) is 12.8 Å². The van der Waals surface area contributed by atoms with Crippen LogP contribution in [0.15, 0.2) is 18.7 Å². The highest BCUT2D eigenvalue weighted by molar-refractivity contribution is 7.90. The molecule has 1 fully saturated rings. The molecule has 0 bridgehead atoms. The Balaban J connectivity index is 1.70. The monoisotopic (exact) mass is 258 g/mol. The molecule has 17 heavy (non-hydrogen) atoms. The quantitative estimate of drug-likeness (QED) is 0.678. The number of hydrogen-bond donors (Lipinski definition) is 2. The summed E-state index contributed by atoms with van der Waals surface area (Å²) in [6.07, 6.45) is 6.80. The summed E-state index contributed by atoms with van der Waals surface area (Å²) in [5.74, 6) is 0. The first-order valence-electron chi connectivity index (χ1n) is 5.83. The molecule has 2 N–H and O–H groups in total. The van der Waals surface area contributed by atoms with Crippen molar-refractivity contribution in [1.29, 1.82) is 0 Å². The first kappa shape index (κ1) is 12.5. The highest BCUT2D eigenvalue weighted by Crippen LogP contribution is 2.07. The molecule has 1 unspecified atom stereocenters. The van der Waals surface area contributed by atoms with Gasteiger partial charge in [-0.05, 0) is 19.4 Å². The molecule has 2 heterocycles. The van der Waals surface area contributed by atoms with Gasteiger partial charge in [0.1, 0.15) is 0 Å². The van der Waals surface area contributed by atoms with Gasteiger partial charge in [-0.25, -0.2) is 18.1 Å². The van der Waals surface area contributed by atoms with Gasteiger partial charge in [0.15, 0.2) is 0 Å². The molecule has 1 aromatic heterocycles. The maximum Gasteiger partial charge on any atom is 0.215 e. The van der Waals surface area contributed by atoms with E-state index in [1.807, 2.05) is 10.8 Å². The second-order valence-electron chi connectivity index (χ2n) is 4.21. The third-order valence-corrected chi connectivity index (χ3v) is 4.80. The van der Waals surface area contributed by atoms with Crippen LogP contribution in [0.2, 0.25) is 0 Å². The fourth-order valence-corrected chi connectivity index (χ4v) is 3.34. The number of nitrogens with one attached hydrogen (secondary N) is 2. The van der Waals surface area contributed by atoms with E-state index in [4.69, 9.17) is 0 Å². The summed E-state index contributed by atoms with van der Waals surface area (Å²) in [6, 6.07) is 0. The fourth-order valence-electron chi connectivity index (χ4n) is 1.91. The zero-order valence-electron chi connectivity index (χ0n) is 9.67. The van der Waals surface area contributed by atoms with E-state index in [0.29, 0.717) is 19.5 Å². The normalized spacial score (nSPS) is 20.8. The SMILES string of the molecule is O=S(=O)(NCCCn1ccnc1)C1CCNC1. The average Bonchev–Trinajstić information content (AvgIpc) is 2.97. The summed E-state index contributed by atoms with van der Waals surface area (Å²) in [5.41, 5.74) is 0. The Bertz CT molecular complexity index is 423. The van der Waals surface area contributed by atoms with Crippen molar-refractivity contribution in [3.05, 3.63) is 18.7 Å². The molecule has 0 spiro atoms. The van der Waals surface area contributed by atoms with Crippen LogP contribution in [0, 0.1) is 0 Å². The number of sulfonamides is 1. The summed E-state index contributed by atoms with van der Waals surface area (Å²) < 4.78 is 28.2.